The second-order valence-electron chi connectivity index (χ2n) is 4.59. The summed E-state index contributed by atoms with van der Waals surface area (Å²) in [6, 6.07) is 2.48. The lowest BCUT2D eigenvalue weighted by Crippen LogP contribution is -2.23. The Morgan fingerprint density at radius 1 is 1.42 bits per heavy atom. The molecule has 1 atom stereocenters. The van der Waals surface area contributed by atoms with E-state index in [4.69, 9.17) is 0 Å². The predicted octanol–water partition coefficient (Wildman–Crippen LogP) is 4.87. The van der Waals surface area contributed by atoms with Crippen LogP contribution < -0.4 is 5.32 Å². The first kappa shape index (κ1) is 15.2. The Bertz CT molecular complexity index is 514. The molecule has 1 unspecified atom stereocenters. The monoisotopic (exact) mass is 358 g/mol. The number of thiophene rings is 1. The third-order valence-corrected chi connectivity index (χ3v) is 6.13. The molecule has 2 heterocycles. The zero-order chi connectivity index (χ0) is 13.8. The summed E-state index contributed by atoms with van der Waals surface area (Å²) >= 11 is 7.27. The van der Waals surface area contributed by atoms with Gasteiger partial charge in [-0.1, -0.05) is 6.92 Å². The van der Waals surface area contributed by atoms with E-state index in [0.29, 0.717) is 6.04 Å². The molecule has 2 rings (SSSR count). The fraction of sp³-hybridized carbons (Fsp3) is 0.500. The van der Waals surface area contributed by atoms with Crippen LogP contribution in [-0.2, 0) is 6.42 Å². The largest absolute Gasteiger partial charge is 0.309 e. The van der Waals surface area contributed by atoms with Gasteiger partial charge in [-0.15, -0.1) is 22.7 Å². The third-order valence-electron chi connectivity index (χ3n) is 3.05. The normalized spacial score (nSPS) is 12.8. The van der Waals surface area contributed by atoms with Crippen molar-refractivity contribution < 1.29 is 0 Å². The van der Waals surface area contributed by atoms with Crippen LogP contribution in [0.3, 0.4) is 0 Å². The number of aryl methyl sites for hydroxylation is 2. The van der Waals surface area contributed by atoms with Crippen LogP contribution >= 0.6 is 38.6 Å². The highest BCUT2D eigenvalue weighted by molar-refractivity contribution is 9.10. The lowest BCUT2D eigenvalue weighted by molar-refractivity contribution is 0.534. The SMILES string of the molecule is CCCNC(Cc1nc(C)c(C)s1)c1sccc1Br. The van der Waals surface area contributed by atoms with E-state index in [1.165, 1.54) is 24.9 Å². The van der Waals surface area contributed by atoms with Gasteiger partial charge in [-0.3, -0.25) is 0 Å². The molecule has 5 heteroatoms. The van der Waals surface area contributed by atoms with Gasteiger partial charge in [-0.2, -0.15) is 0 Å². The second-order valence-corrected chi connectivity index (χ2v) is 7.68. The van der Waals surface area contributed by atoms with E-state index in [0.717, 1.165) is 19.4 Å². The van der Waals surface area contributed by atoms with Crippen LogP contribution in [0.25, 0.3) is 0 Å². The van der Waals surface area contributed by atoms with Crippen molar-refractivity contribution in [3.05, 3.63) is 36.4 Å². The summed E-state index contributed by atoms with van der Waals surface area (Å²) in [6.07, 6.45) is 2.12. The van der Waals surface area contributed by atoms with Crippen molar-refractivity contribution in [3.63, 3.8) is 0 Å². The third kappa shape index (κ3) is 3.88. The summed E-state index contributed by atoms with van der Waals surface area (Å²) in [5, 5.41) is 7.00. The maximum absolute atomic E-state index is 4.67. The maximum atomic E-state index is 4.67. The Morgan fingerprint density at radius 2 is 2.21 bits per heavy atom. The van der Waals surface area contributed by atoms with Gasteiger partial charge in [0.25, 0.3) is 0 Å². The molecule has 0 radical (unpaired) electrons. The van der Waals surface area contributed by atoms with Crippen LogP contribution in [0.5, 0.6) is 0 Å². The molecule has 19 heavy (non-hydrogen) atoms. The quantitative estimate of drug-likeness (QED) is 0.796. The molecule has 0 saturated heterocycles. The van der Waals surface area contributed by atoms with E-state index in [1.54, 1.807) is 11.3 Å². The number of nitrogens with one attached hydrogen (secondary N) is 1. The van der Waals surface area contributed by atoms with Crippen LogP contribution in [0.1, 0.15) is 39.8 Å². The first-order valence-electron chi connectivity index (χ1n) is 6.51. The van der Waals surface area contributed by atoms with Crippen molar-refractivity contribution in [2.75, 3.05) is 6.54 Å². The molecule has 0 aliphatic carbocycles. The van der Waals surface area contributed by atoms with Crippen molar-refractivity contribution in [2.24, 2.45) is 0 Å². The fourth-order valence-corrected chi connectivity index (χ4v) is 4.64. The minimum atomic E-state index is 0.360. The molecule has 2 nitrogen and oxygen atoms in total. The Hall–Kier alpha value is -0.230. The van der Waals surface area contributed by atoms with Crippen molar-refractivity contribution >= 4 is 38.6 Å². The number of aromatic nitrogens is 1. The molecule has 0 aliphatic rings. The molecular formula is C14H19BrN2S2. The number of hydrogen-bond acceptors (Lipinski definition) is 4. The van der Waals surface area contributed by atoms with Gasteiger partial charge in [-0.05, 0) is 54.2 Å². The van der Waals surface area contributed by atoms with Crippen LogP contribution in [0.2, 0.25) is 0 Å². The van der Waals surface area contributed by atoms with Crippen molar-refractivity contribution in [2.45, 2.75) is 39.7 Å². The van der Waals surface area contributed by atoms with Crippen LogP contribution in [-0.4, -0.2) is 11.5 Å². The van der Waals surface area contributed by atoms with Gasteiger partial charge in [0.2, 0.25) is 0 Å². The van der Waals surface area contributed by atoms with Gasteiger partial charge in [0, 0.05) is 26.7 Å². The Labute approximate surface area is 131 Å². The first-order valence-corrected chi connectivity index (χ1v) is 9.00. The van der Waals surface area contributed by atoms with Crippen molar-refractivity contribution in [1.29, 1.82) is 0 Å². The molecule has 1 N–H and O–H groups in total. The van der Waals surface area contributed by atoms with E-state index in [2.05, 4.69) is 58.4 Å². The van der Waals surface area contributed by atoms with Crippen LogP contribution in [0.15, 0.2) is 15.9 Å². The minimum absolute atomic E-state index is 0.360. The molecule has 0 spiro atoms. The zero-order valence-corrected chi connectivity index (χ0v) is 14.7. The predicted molar refractivity (Wildman–Crippen MR) is 88.3 cm³/mol. The maximum Gasteiger partial charge on any atom is 0.0950 e. The lowest BCUT2D eigenvalue weighted by Gasteiger charge is -2.16. The zero-order valence-electron chi connectivity index (χ0n) is 11.5. The summed E-state index contributed by atoms with van der Waals surface area (Å²) < 4.78 is 1.20. The van der Waals surface area contributed by atoms with E-state index >= 15 is 0 Å². The van der Waals surface area contributed by atoms with Gasteiger partial charge in [0.1, 0.15) is 0 Å². The number of rotatable bonds is 6. The average Bonchev–Trinajstić information content (AvgIpc) is 2.92. The lowest BCUT2D eigenvalue weighted by atomic mass is 10.1. The topological polar surface area (TPSA) is 24.9 Å². The Kier molecular flexibility index (Phi) is 5.57. The Morgan fingerprint density at radius 3 is 2.74 bits per heavy atom. The molecule has 0 fully saturated rings. The van der Waals surface area contributed by atoms with Gasteiger partial charge >= 0.3 is 0 Å². The fourth-order valence-electron chi connectivity index (χ4n) is 1.93. The average molecular weight is 359 g/mol. The van der Waals surface area contributed by atoms with Crippen molar-refractivity contribution in [3.8, 4) is 0 Å². The highest BCUT2D eigenvalue weighted by atomic mass is 79.9. The molecule has 0 aliphatic heterocycles. The highest BCUT2D eigenvalue weighted by Crippen LogP contribution is 2.32. The number of thiazole rings is 1. The van der Waals surface area contributed by atoms with Gasteiger partial charge in [-0.25, -0.2) is 4.98 Å². The van der Waals surface area contributed by atoms with Crippen LogP contribution in [0.4, 0.5) is 0 Å². The number of nitrogens with zero attached hydrogens (tertiary/aromatic N) is 1. The van der Waals surface area contributed by atoms with E-state index < -0.39 is 0 Å². The van der Waals surface area contributed by atoms with Gasteiger partial charge < -0.3 is 5.32 Å². The Balaban J connectivity index is 2.16. The minimum Gasteiger partial charge on any atom is -0.309 e. The summed E-state index contributed by atoms with van der Waals surface area (Å²) in [5.41, 5.74) is 1.17. The molecular weight excluding hydrogens is 340 g/mol. The van der Waals surface area contributed by atoms with E-state index in [9.17, 15) is 0 Å². The molecule has 0 aromatic carbocycles. The van der Waals surface area contributed by atoms with Gasteiger partial charge in [0.15, 0.2) is 0 Å². The summed E-state index contributed by atoms with van der Waals surface area (Å²) in [6.45, 7) is 7.47. The highest BCUT2D eigenvalue weighted by Gasteiger charge is 2.18. The molecule has 0 amide bonds. The number of halogens is 1. The van der Waals surface area contributed by atoms with Crippen molar-refractivity contribution in [1.82, 2.24) is 10.3 Å². The summed E-state index contributed by atoms with van der Waals surface area (Å²) in [7, 11) is 0. The number of hydrogen-bond donors (Lipinski definition) is 1. The smallest absolute Gasteiger partial charge is 0.0950 e. The van der Waals surface area contributed by atoms with Gasteiger partial charge in [0.05, 0.1) is 10.7 Å². The molecule has 0 saturated carbocycles. The summed E-state index contributed by atoms with van der Waals surface area (Å²) in [5.74, 6) is 0. The molecule has 2 aromatic rings. The standard InChI is InChI=1S/C14H19BrN2S2/c1-4-6-16-12(14-11(15)5-7-18-14)8-13-17-9(2)10(3)19-13/h5,7,12,16H,4,6,8H2,1-3H3. The second kappa shape index (κ2) is 6.97. The van der Waals surface area contributed by atoms with E-state index in [1.807, 2.05) is 11.3 Å². The summed E-state index contributed by atoms with van der Waals surface area (Å²) in [4.78, 5) is 7.37. The van der Waals surface area contributed by atoms with Crippen LogP contribution in [0, 0.1) is 13.8 Å². The molecule has 2 aromatic heterocycles. The van der Waals surface area contributed by atoms with E-state index in [-0.39, 0.29) is 0 Å². The molecule has 0 bridgehead atoms. The first-order chi connectivity index (χ1) is 9.11. The molecule has 104 valence electrons.